The Bertz CT molecular complexity index is 1230. The second-order valence-electron chi connectivity index (χ2n) is 10.7. The fourth-order valence-electron chi connectivity index (χ4n) is 6.03. The molecule has 1 aromatic heterocycles. The van der Waals surface area contributed by atoms with Gasteiger partial charge in [0, 0.05) is 56.5 Å². The summed E-state index contributed by atoms with van der Waals surface area (Å²) in [5, 5.41) is 5.33. The van der Waals surface area contributed by atoms with Crippen LogP contribution in [-0.4, -0.2) is 85.8 Å². The van der Waals surface area contributed by atoms with Crippen molar-refractivity contribution < 1.29 is 9.57 Å². The maximum atomic E-state index is 5.97. The molecule has 0 saturated carbocycles. The van der Waals surface area contributed by atoms with E-state index >= 15 is 0 Å². The number of piperazine rings is 1. The summed E-state index contributed by atoms with van der Waals surface area (Å²) in [6, 6.07) is 19.6. The molecule has 6 rings (SSSR count). The topological polar surface area (TPSA) is 69.2 Å². The Kier molecular flexibility index (Phi) is 7.81. The molecule has 0 amide bonds. The molecule has 3 aliphatic rings. The fourth-order valence-corrected chi connectivity index (χ4v) is 6.03. The Morgan fingerprint density at radius 3 is 2.46 bits per heavy atom. The van der Waals surface area contributed by atoms with Gasteiger partial charge in [-0.05, 0) is 50.7 Å². The number of hydroxylamine groups is 1. The zero-order valence-electron chi connectivity index (χ0n) is 23.0. The van der Waals surface area contributed by atoms with Gasteiger partial charge in [-0.15, -0.1) is 0 Å². The fraction of sp³-hybridized carbons (Fsp3) is 0.467. The van der Waals surface area contributed by atoms with Crippen LogP contribution in [0.25, 0.3) is 0 Å². The highest BCUT2D eigenvalue weighted by Crippen LogP contribution is 2.36. The van der Waals surface area contributed by atoms with Crippen molar-refractivity contribution in [2.24, 2.45) is 0 Å². The number of benzene rings is 2. The van der Waals surface area contributed by atoms with Crippen LogP contribution in [0.5, 0.6) is 5.75 Å². The van der Waals surface area contributed by atoms with Crippen LogP contribution < -0.4 is 20.0 Å². The van der Waals surface area contributed by atoms with E-state index in [0.29, 0.717) is 12.4 Å². The van der Waals surface area contributed by atoms with Gasteiger partial charge in [-0.3, -0.25) is 9.74 Å². The Hall–Kier alpha value is -3.40. The van der Waals surface area contributed by atoms with Gasteiger partial charge in [0.1, 0.15) is 17.9 Å². The first kappa shape index (κ1) is 25.9. The second-order valence-corrected chi connectivity index (χ2v) is 10.7. The number of hydrogen-bond acceptors (Lipinski definition) is 9. The maximum Gasteiger partial charge on any atom is 0.158 e. The first-order valence-electron chi connectivity index (χ1n) is 14.1. The van der Waals surface area contributed by atoms with Gasteiger partial charge in [0.25, 0.3) is 0 Å². The van der Waals surface area contributed by atoms with Gasteiger partial charge < -0.3 is 19.9 Å². The van der Waals surface area contributed by atoms with Crippen molar-refractivity contribution in [3.63, 3.8) is 0 Å². The van der Waals surface area contributed by atoms with Crippen LogP contribution in [0.2, 0.25) is 0 Å². The highest BCUT2D eigenvalue weighted by molar-refractivity contribution is 5.70. The lowest BCUT2D eigenvalue weighted by atomic mass is 10.0. The molecule has 0 bridgehead atoms. The van der Waals surface area contributed by atoms with Crippen molar-refractivity contribution in [3.05, 3.63) is 66.5 Å². The second kappa shape index (κ2) is 11.8. The molecular weight excluding hydrogens is 490 g/mol. The molecule has 0 spiro atoms. The predicted octanol–water partition coefficient (Wildman–Crippen LogP) is 4.33. The van der Waals surface area contributed by atoms with E-state index in [1.165, 1.54) is 37.2 Å². The first-order valence-corrected chi connectivity index (χ1v) is 14.1. The van der Waals surface area contributed by atoms with Crippen LogP contribution in [0.3, 0.4) is 0 Å². The molecule has 3 fully saturated rings. The Balaban J connectivity index is 1.12. The van der Waals surface area contributed by atoms with Crippen LogP contribution in [0.4, 0.5) is 23.0 Å². The number of aromatic nitrogens is 2. The lowest BCUT2D eigenvalue weighted by Crippen LogP contribution is -2.53. The van der Waals surface area contributed by atoms with Crippen molar-refractivity contribution >= 4 is 23.0 Å². The number of likely N-dealkylation sites (tertiary alicyclic amines) is 1. The van der Waals surface area contributed by atoms with E-state index in [0.717, 1.165) is 55.9 Å². The molecule has 3 saturated heterocycles. The first-order chi connectivity index (χ1) is 19.2. The number of methoxy groups -OCH3 is 1. The molecule has 4 heterocycles. The quantitative estimate of drug-likeness (QED) is 0.482. The summed E-state index contributed by atoms with van der Waals surface area (Å²) in [5.41, 5.74) is 3.28. The molecule has 9 heteroatoms. The summed E-state index contributed by atoms with van der Waals surface area (Å²) in [4.78, 5) is 22.5. The van der Waals surface area contributed by atoms with Gasteiger partial charge in [-0.1, -0.05) is 30.3 Å². The molecule has 9 nitrogen and oxygen atoms in total. The van der Waals surface area contributed by atoms with Crippen molar-refractivity contribution in [2.45, 2.75) is 31.3 Å². The van der Waals surface area contributed by atoms with Crippen molar-refractivity contribution in [2.75, 3.05) is 75.3 Å². The lowest BCUT2D eigenvalue weighted by Gasteiger charge is -2.43. The largest absolute Gasteiger partial charge is 0.494 e. The molecule has 0 aliphatic carbocycles. The van der Waals surface area contributed by atoms with E-state index in [9.17, 15) is 0 Å². The molecular formula is C30H39N7O2. The number of anilines is 4. The zero-order chi connectivity index (χ0) is 26.6. The van der Waals surface area contributed by atoms with Gasteiger partial charge in [0.2, 0.25) is 0 Å². The van der Waals surface area contributed by atoms with E-state index < -0.39 is 0 Å². The summed E-state index contributed by atoms with van der Waals surface area (Å²) >= 11 is 0. The van der Waals surface area contributed by atoms with Crippen LogP contribution in [-0.2, 0) is 4.84 Å². The van der Waals surface area contributed by atoms with Gasteiger partial charge in [0.05, 0.1) is 25.4 Å². The Morgan fingerprint density at radius 2 is 1.69 bits per heavy atom. The smallest absolute Gasteiger partial charge is 0.158 e. The van der Waals surface area contributed by atoms with Gasteiger partial charge in [-0.25, -0.2) is 15.0 Å². The molecule has 2 aromatic carbocycles. The van der Waals surface area contributed by atoms with Crippen molar-refractivity contribution in [3.8, 4) is 5.75 Å². The molecule has 39 heavy (non-hydrogen) atoms. The number of piperidine rings is 1. The maximum absolute atomic E-state index is 5.97. The third-order valence-corrected chi connectivity index (χ3v) is 8.30. The molecule has 3 aromatic rings. The Labute approximate surface area is 231 Å². The van der Waals surface area contributed by atoms with Crippen molar-refractivity contribution in [1.82, 2.24) is 19.8 Å². The van der Waals surface area contributed by atoms with E-state index in [1.807, 2.05) is 17.2 Å². The van der Waals surface area contributed by atoms with Crippen LogP contribution in [0.1, 0.15) is 30.9 Å². The highest BCUT2D eigenvalue weighted by Gasteiger charge is 2.29. The van der Waals surface area contributed by atoms with Gasteiger partial charge >= 0.3 is 0 Å². The molecule has 0 unspecified atom stereocenters. The minimum Gasteiger partial charge on any atom is -0.494 e. The number of rotatable bonds is 7. The normalized spacial score (nSPS) is 21.3. The molecule has 206 valence electrons. The SMILES string of the molecule is COc1cc(N2CCN(C3CCN(C)CC3)CC2)ccc1Nc1cc(N2OCC[C@@H]2c2ccccc2)ncn1. The molecule has 3 aliphatic heterocycles. The standard InChI is InChI=1S/C30H39N7O2/c1-34-13-10-24(11-14-34)35-15-17-36(18-16-35)25-8-9-26(28(20-25)38-2)33-29-21-30(32-22-31-29)37-27(12-19-39-37)23-6-4-3-5-7-23/h3-9,20-22,24,27H,10-19H2,1-2H3,(H,31,32,33)/t27-/m1/s1. The lowest BCUT2D eigenvalue weighted by molar-refractivity contribution is 0.115. The average Bonchev–Trinajstić information content (AvgIpc) is 3.49. The summed E-state index contributed by atoms with van der Waals surface area (Å²) in [6.07, 6.45) is 5.06. The summed E-state index contributed by atoms with van der Waals surface area (Å²) < 4.78 is 5.80. The molecule has 1 atom stereocenters. The van der Waals surface area contributed by atoms with E-state index in [4.69, 9.17) is 9.57 Å². The van der Waals surface area contributed by atoms with Gasteiger partial charge in [0.15, 0.2) is 5.82 Å². The van der Waals surface area contributed by atoms with Crippen molar-refractivity contribution in [1.29, 1.82) is 0 Å². The monoisotopic (exact) mass is 529 g/mol. The Morgan fingerprint density at radius 1 is 0.897 bits per heavy atom. The minimum atomic E-state index is 0.127. The third kappa shape index (κ3) is 5.80. The van der Waals surface area contributed by atoms with Crippen LogP contribution in [0, 0.1) is 0 Å². The van der Waals surface area contributed by atoms with Crippen LogP contribution >= 0.6 is 0 Å². The number of hydrogen-bond donors (Lipinski definition) is 1. The summed E-state index contributed by atoms with van der Waals surface area (Å²) in [7, 11) is 3.95. The van der Waals surface area contributed by atoms with Gasteiger partial charge in [-0.2, -0.15) is 0 Å². The predicted molar refractivity (Wildman–Crippen MR) is 155 cm³/mol. The minimum absolute atomic E-state index is 0.127. The average molecular weight is 530 g/mol. The molecule has 1 N–H and O–H groups in total. The number of nitrogens with one attached hydrogen (secondary N) is 1. The number of nitrogens with zero attached hydrogens (tertiary/aromatic N) is 6. The number of ether oxygens (including phenoxy) is 1. The third-order valence-electron chi connectivity index (χ3n) is 8.30. The molecule has 0 radical (unpaired) electrons. The van der Waals surface area contributed by atoms with Crippen LogP contribution in [0.15, 0.2) is 60.9 Å². The summed E-state index contributed by atoms with van der Waals surface area (Å²) in [6.45, 7) is 7.39. The van der Waals surface area contributed by atoms with E-state index in [2.05, 4.69) is 79.5 Å². The zero-order valence-corrected chi connectivity index (χ0v) is 23.0. The summed E-state index contributed by atoms with van der Waals surface area (Å²) in [5.74, 6) is 2.22. The van der Waals surface area contributed by atoms with E-state index in [-0.39, 0.29) is 6.04 Å². The van der Waals surface area contributed by atoms with E-state index in [1.54, 1.807) is 13.4 Å². The highest BCUT2D eigenvalue weighted by atomic mass is 16.7.